The fourth-order valence-corrected chi connectivity index (χ4v) is 5.38. The van der Waals surface area contributed by atoms with Crippen molar-refractivity contribution in [2.24, 2.45) is 0 Å². The zero-order valence-corrected chi connectivity index (χ0v) is 22.1. The summed E-state index contributed by atoms with van der Waals surface area (Å²) in [4.78, 5) is 11.4. The molecule has 5 aromatic rings. The lowest BCUT2D eigenvalue weighted by Gasteiger charge is -2.26. The van der Waals surface area contributed by atoms with Gasteiger partial charge in [-0.15, -0.1) is 0 Å². The maximum atomic E-state index is 10.4. The van der Waals surface area contributed by atoms with Gasteiger partial charge in [-0.3, -0.25) is 10.3 Å². The first-order valence-corrected chi connectivity index (χ1v) is 13.8. The summed E-state index contributed by atoms with van der Waals surface area (Å²) in [7, 11) is 0. The molecule has 1 aliphatic heterocycles. The number of piperidine rings is 1. The van der Waals surface area contributed by atoms with E-state index in [2.05, 4.69) is 78.4 Å². The molecule has 0 amide bonds. The number of aliphatic hydroxyl groups excluding tert-OH is 1. The van der Waals surface area contributed by atoms with Crippen molar-refractivity contribution in [1.82, 2.24) is 29.3 Å². The third-order valence-electron chi connectivity index (χ3n) is 7.45. The van der Waals surface area contributed by atoms with Crippen LogP contribution in [0, 0.1) is 0 Å². The summed E-state index contributed by atoms with van der Waals surface area (Å²) in [5, 5.41) is 17.7. The Morgan fingerprint density at radius 1 is 0.897 bits per heavy atom. The van der Waals surface area contributed by atoms with Crippen LogP contribution in [0.3, 0.4) is 0 Å². The number of anilines is 1. The number of rotatable bonds is 10. The Hall–Kier alpha value is -3.98. The Bertz CT molecular complexity index is 1490. The maximum absolute atomic E-state index is 10.4. The average molecular weight is 522 g/mol. The number of nitrogens with zero attached hydrogens (tertiary/aromatic N) is 5. The van der Waals surface area contributed by atoms with Crippen LogP contribution >= 0.6 is 0 Å². The fraction of sp³-hybridized carbons (Fsp3) is 0.290. The van der Waals surface area contributed by atoms with E-state index >= 15 is 0 Å². The van der Waals surface area contributed by atoms with E-state index in [0.717, 1.165) is 46.9 Å². The molecule has 1 unspecified atom stereocenters. The highest BCUT2D eigenvalue weighted by Crippen LogP contribution is 2.32. The summed E-state index contributed by atoms with van der Waals surface area (Å²) in [5.74, 6) is 1.00. The topological polar surface area (TPSA) is 83.2 Å². The molecule has 4 heterocycles. The number of nitrogens with one attached hydrogen (secondary N) is 2. The smallest absolute Gasteiger partial charge is 0.181 e. The van der Waals surface area contributed by atoms with Crippen molar-refractivity contribution >= 4 is 16.6 Å². The minimum absolute atomic E-state index is 0.520. The summed E-state index contributed by atoms with van der Waals surface area (Å²) >= 11 is 0. The van der Waals surface area contributed by atoms with Gasteiger partial charge in [-0.2, -0.15) is 0 Å². The van der Waals surface area contributed by atoms with Crippen LogP contribution in [0.25, 0.3) is 28.0 Å². The van der Waals surface area contributed by atoms with E-state index < -0.39 is 6.35 Å². The lowest BCUT2D eigenvalue weighted by Crippen LogP contribution is -2.35. The first-order chi connectivity index (χ1) is 19.2. The predicted molar refractivity (Wildman–Crippen MR) is 155 cm³/mol. The Morgan fingerprint density at radius 3 is 2.56 bits per heavy atom. The fourth-order valence-electron chi connectivity index (χ4n) is 5.38. The van der Waals surface area contributed by atoms with Crippen LogP contribution in [0.1, 0.15) is 24.8 Å². The van der Waals surface area contributed by atoms with E-state index in [0.29, 0.717) is 6.54 Å². The monoisotopic (exact) mass is 521 g/mol. The SMILES string of the molecule is OC(NCc1cccnc1)Nc1ccc(-n2cc(-c3nccn3CCN3CCCCC3)c3ccccc32)cc1. The molecule has 8 heteroatoms. The number of hydrogen-bond acceptors (Lipinski definition) is 6. The summed E-state index contributed by atoms with van der Waals surface area (Å²) in [6, 6.07) is 20.4. The molecule has 0 spiro atoms. The summed E-state index contributed by atoms with van der Waals surface area (Å²) in [6.07, 6.45) is 12.8. The van der Waals surface area contributed by atoms with Crippen molar-refractivity contribution in [3.63, 3.8) is 0 Å². The molecule has 2 aromatic carbocycles. The second-order valence-corrected chi connectivity index (χ2v) is 10.1. The second-order valence-electron chi connectivity index (χ2n) is 10.1. The van der Waals surface area contributed by atoms with E-state index in [1.165, 1.54) is 37.7 Å². The Kier molecular flexibility index (Phi) is 7.67. The molecule has 1 aliphatic rings. The number of likely N-dealkylation sites (tertiary alicyclic amines) is 1. The molecule has 3 aromatic heterocycles. The van der Waals surface area contributed by atoms with Crippen molar-refractivity contribution in [2.75, 3.05) is 25.0 Å². The first-order valence-electron chi connectivity index (χ1n) is 13.8. The largest absolute Gasteiger partial charge is 0.361 e. The van der Waals surface area contributed by atoms with Crippen molar-refractivity contribution in [2.45, 2.75) is 38.7 Å². The van der Waals surface area contributed by atoms with E-state index in [-0.39, 0.29) is 0 Å². The van der Waals surface area contributed by atoms with Gasteiger partial charge in [-0.25, -0.2) is 4.98 Å². The summed E-state index contributed by atoms with van der Waals surface area (Å²) in [5.41, 5.74) is 5.15. The molecule has 0 aliphatic carbocycles. The van der Waals surface area contributed by atoms with Crippen molar-refractivity contribution < 1.29 is 5.11 Å². The van der Waals surface area contributed by atoms with E-state index in [4.69, 9.17) is 4.98 Å². The highest BCUT2D eigenvalue weighted by Gasteiger charge is 2.17. The zero-order valence-electron chi connectivity index (χ0n) is 22.1. The number of benzene rings is 2. The van der Waals surface area contributed by atoms with E-state index in [9.17, 15) is 5.11 Å². The van der Waals surface area contributed by atoms with Crippen LogP contribution in [0.4, 0.5) is 5.69 Å². The van der Waals surface area contributed by atoms with Gasteiger partial charge in [-0.1, -0.05) is 30.7 Å². The molecule has 1 saturated heterocycles. The van der Waals surface area contributed by atoms with Crippen LogP contribution in [0.15, 0.2) is 91.6 Å². The van der Waals surface area contributed by atoms with Crippen LogP contribution < -0.4 is 10.6 Å². The van der Waals surface area contributed by atoms with Gasteiger partial charge >= 0.3 is 0 Å². The van der Waals surface area contributed by atoms with Gasteiger partial charge < -0.3 is 24.5 Å². The lowest BCUT2D eigenvalue weighted by molar-refractivity contribution is 0.163. The molecule has 0 saturated carbocycles. The first kappa shape index (κ1) is 25.3. The van der Waals surface area contributed by atoms with Crippen LogP contribution in [-0.4, -0.2) is 55.1 Å². The van der Waals surface area contributed by atoms with Gasteiger partial charge in [0.05, 0.1) is 5.52 Å². The minimum atomic E-state index is -0.876. The number of para-hydroxylation sites is 1. The standard InChI is InChI=1S/C31H35N7O/c39-31(34-22-24-7-6-14-32-21-24)35-25-10-12-26(13-11-25)38-23-28(27-8-2-3-9-29(27)38)30-33-15-18-37(30)20-19-36-16-4-1-5-17-36/h2-3,6-15,18,21,23,31,34-35,39H,1,4-5,16-17,19-20,22H2. The number of imidazole rings is 1. The van der Waals surface area contributed by atoms with Crippen molar-refractivity contribution in [3.05, 3.63) is 97.2 Å². The molecule has 3 N–H and O–H groups in total. The Balaban J connectivity index is 1.19. The molecule has 200 valence electrons. The highest BCUT2D eigenvalue weighted by atomic mass is 16.3. The normalized spacial score (nSPS) is 15.0. The molecular weight excluding hydrogens is 486 g/mol. The third-order valence-corrected chi connectivity index (χ3v) is 7.45. The Morgan fingerprint density at radius 2 is 1.74 bits per heavy atom. The van der Waals surface area contributed by atoms with Crippen molar-refractivity contribution in [1.29, 1.82) is 0 Å². The van der Waals surface area contributed by atoms with Gasteiger partial charge in [0.25, 0.3) is 0 Å². The van der Waals surface area contributed by atoms with E-state index in [1.807, 2.05) is 30.5 Å². The lowest BCUT2D eigenvalue weighted by atomic mass is 10.1. The van der Waals surface area contributed by atoms with Gasteiger partial charge in [0.1, 0.15) is 5.82 Å². The number of fused-ring (bicyclic) bond motifs is 1. The number of aliphatic hydroxyl groups is 1. The van der Waals surface area contributed by atoms with Gasteiger partial charge in [0, 0.05) is 72.9 Å². The number of aromatic nitrogens is 4. The summed E-state index contributed by atoms with van der Waals surface area (Å²) < 4.78 is 4.50. The number of pyridine rings is 1. The number of hydrogen-bond donors (Lipinski definition) is 3. The maximum Gasteiger partial charge on any atom is 0.181 e. The molecule has 1 fully saturated rings. The van der Waals surface area contributed by atoms with Gasteiger partial charge in [0.15, 0.2) is 6.35 Å². The van der Waals surface area contributed by atoms with E-state index in [1.54, 1.807) is 12.4 Å². The third kappa shape index (κ3) is 5.88. The predicted octanol–water partition coefficient (Wildman–Crippen LogP) is 4.85. The average Bonchev–Trinajstić information content (AvgIpc) is 3.61. The van der Waals surface area contributed by atoms with Crippen LogP contribution in [0.2, 0.25) is 0 Å². The molecule has 8 nitrogen and oxygen atoms in total. The van der Waals surface area contributed by atoms with Crippen LogP contribution in [-0.2, 0) is 13.1 Å². The zero-order chi connectivity index (χ0) is 26.4. The van der Waals surface area contributed by atoms with Crippen LogP contribution in [0.5, 0.6) is 0 Å². The quantitative estimate of drug-likeness (QED) is 0.228. The molecule has 1 atom stereocenters. The molecule has 39 heavy (non-hydrogen) atoms. The minimum Gasteiger partial charge on any atom is -0.361 e. The molecule has 6 rings (SSSR count). The Labute approximate surface area is 228 Å². The van der Waals surface area contributed by atoms with Gasteiger partial charge in [-0.05, 0) is 67.9 Å². The van der Waals surface area contributed by atoms with Crippen molar-refractivity contribution in [3.8, 4) is 17.1 Å². The van der Waals surface area contributed by atoms with Gasteiger partial charge in [0.2, 0.25) is 0 Å². The molecule has 0 bridgehead atoms. The second kappa shape index (κ2) is 11.8. The highest BCUT2D eigenvalue weighted by molar-refractivity contribution is 5.95. The summed E-state index contributed by atoms with van der Waals surface area (Å²) in [6.45, 7) is 4.91. The molecule has 0 radical (unpaired) electrons. The molecular formula is C31H35N7O.